The van der Waals surface area contributed by atoms with Crippen LogP contribution in [0.1, 0.15) is 17.2 Å². The molecule has 100 valence electrons. The monoisotopic (exact) mass is 326 g/mol. The van der Waals surface area contributed by atoms with Crippen LogP contribution in [0.3, 0.4) is 0 Å². The van der Waals surface area contributed by atoms with Gasteiger partial charge in [0, 0.05) is 10.0 Å². The third kappa shape index (κ3) is 3.37. The van der Waals surface area contributed by atoms with E-state index in [1.807, 2.05) is 24.3 Å². The second-order valence-electron chi connectivity index (χ2n) is 4.18. The SMILES string of the molecule is NNC(Cc1c(F)cccc1F)c1cccc(Br)c1. The summed E-state index contributed by atoms with van der Waals surface area (Å²) in [4.78, 5) is 0. The first-order valence-corrected chi connectivity index (χ1v) is 6.55. The Morgan fingerprint density at radius 2 is 1.74 bits per heavy atom. The Morgan fingerprint density at radius 3 is 2.32 bits per heavy atom. The minimum atomic E-state index is -0.560. The van der Waals surface area contributed by atoms with Crippen molar-refractivity contribution in [2.45, 2.75) is 12.5 Å². The van der Waals surface area contributed by atoms with Gasteiger partial charge in [-0.05, 0) is 36.2 Å². The van der Waals surface area contributed by atoms with E-state index in [0.717, 1.165) is 10.0 Å². The number of benzene rings is 2. The molecule has 0 radical (unpaired) electrons. The van der Waals surface area contributed by atoms with E-state index < -0.39 is 11.6 Å². The van der Waals surface area contributed by atoms with Crippen LogP contribution in [0, 0.1) is 11.6 Å². The summed E-state index contributed by atoms with van der Waals surface area (Å²) in [5, 5.41) is 0. The molecule has 5 heteroatoms. The highest BCUT2D eigenvalue weighted by Gasteiger charge is 2.16. The average Bonchev–Trinajstić information content (AvgIpc) is 2.38. The Bertz CT molecular complexity index is 555. The van der Waals surface area contributed by atoms with Crippen molar-refractivity contribution in [3.63, 3.8) is 0 Å². The van der Waals surface area contributed by atoms with Crippen molar-refractivity contribution in [2.24, 2.45) is 5.84 Å². The van der Waals surface area contributed by atoms with E-state index in [0.29, 0.717) is 0 Å². The van der Waals surface area contributed by atoms with Crippen LogP contribution in [0.2, 0.25) is 0 Å². The fourth-order valence-corrected chi connectivity index (χ4v) is 2.34. The van der Waals surface area contributed by atoms with Crippen molar-refractivity contribution < 1.29 is 8.78 Å². The summed E-state index contributed by atoms with van der Waals surface area (Å²) in [6, 6.07) is 10.9. The second kappa shape index (κ2) is 6.23. The van der Waals surface area contributed by atoms with Gasteiger partial charge in [-0.15, -0.1) is 0 Å². The maximum Gasteiger partial charge on any atom is 0.129 e. The number of halogens is 3. The molecule has 0 aliphatic rings. The molecule has 0 heterocycles. The number of hydrogen-bond acceptors (Lipinski definition) is 2. The van der Waals surface area contributed by atoms with E-state index in [9.17, 15) is 8.78 Å². The third-order valence-electron chi connectivity index (χ3n) is 2.92. The predicted octanol–water partition coefficient (Wildman–Crippen LogP) is 3.47. The van der Waals surface area contributed by atoms with Gasteiger partial charge in [0.05, 0.1) is 6.04 Å². The van der Waals surface area contributed by atoms with Crippen LogP contribution >= 0.6 is 15.9 Å². The van der Waals surface area contributed by atoms with E-state index >= 15 is 0 Å². The molecule has 2 aromatic rings. The molecule has 2 rings (SSSR count). The maximum atomic E-state index is 13.6. The van der Waals surface area contributed by atoms with Crippen LogP contribution < -0.4 is 11.3 Å². The van der Waals surface area contributed by atoms with Crippen LogP contribution in [-0.4, -0.2) is 0 Å². The van der Waals surface area contributed by atoms with Gasteiger partial charge in [0.25, 0.3) is 0 Å². The van der Waals surface area contributed by atoms with Gasteiger partial charge >= 0.3 is 0 Å². The molecule has 0 fully saturated rings. The van der Waals surface area contributed by atoms with Gasteiger partial charge in [-0.25, -0.2) is 8.78 Å². The Balaban J connectivity index is 2.29. The molecule has 1 atom stereocenters. The van der Waals surface area contributed by atoms with Crippen LogP contribution in [0.25, 0.3) is 0 Å². The maximum absolute atomic E-state index is 13.6. The van der Waals surface area contributed by atoms with E-state index in [1.54, 1.807) is 0 Å². The average molecular weight is 327 g/mol. The van der Waals surface area contributed by atoms with Crippen LogP contribution in [0.5, 0.6) is 0 Å². The molecule has 0 amide bonds. The highest BCUT2D eigenvalue weighted by molar-refractivity contribution is 9.10. The fourth-order valence-electron chi connectivity index (χ4n) is 1.93. The molecule has 0 saturated carbocycles. The van der Waals surface area contributed by atoms with Crippen molar-refractivity contribution in [3.05, 3.63) is 69.7 Å². The Labute approximate surface area is 118 Å². The molecule has 2 aromatic carbocycles. The Morgan fingerprint density at radius 1 is 1.11 bits per heavy atom. The molecule has 0 aliphatic carbocycles. The van der Waals surface area contributed by atoms with Gasteiger partial charge in [-0.2, -0.15) is 0 Å². The molecular formula is C14H13BrF2N2. The lowest BCUT2D eigenvalue weighted by Crippen LogP contribution is -2.30. The van der Waals surface area contributed by atoms with E-state index in [2.05, 4.69) is 21.4 Å². The molecule has 19 heavy (non-hydrogen) atoms. The lowest BCUT2D eigenvalue weighted by atomic mass is 9.99. The standard InChI is InChI=1S/C14H13BrF2N2/c15-10-4-1-3-9(7-10)14(19-18)8-11-12(16)5-2-6-13(11)17/h1-7,14,19H,8,18H2. The second-order valence-corrected chi connectivity index (χ2v) is 5.09. The fraction of sp³-hybridized carbons (Fsp3) is 0.143. The zero-order chi connectivity index (χ0) is 13.8. The van der Waals surface area contributed by atoms with E-state index in [1.165, 1.54) is 18.2 Å². The van der Waals surface area contributed by atoms with Crippen molar-refractivity contribution in [3.8, 4) is 0 Å². The first-order valence-electron chi connectivity index (χ1n) is 5.76. The molecule has 0 aliphatic heterocycles. The minimum Gasteiger partial charge on any atom is -0.271 e. The molecule has 0 aromatic heterocycles. The van der Waals surface area contributed by atoms with Crippen molar-refractivity contribution in [1.29, 1.82) is 0 Å². The van der Waals surface area contributed by atoms with E-state index in [4.69, 9.17) is 5.84 Å². The van der Waals surface area contributed by atoms with Gasteiger partial charge < -0.3 is 0 Å². The first-order chi connectivity index (χ1) is 9.11. The summed E-state index contributed by atoms with van der Waals surface area (Å²) >= 11 is 3.36. The molecule has 0 bridgehead atoms. The molecule has 0 spiro atoms. The zero-order valence-corrected chi connectivity index (χ0v) is 11.6. The van der Waals surface area contributed by atoms with E-state index in [-0.39, 0.29) is 18.0 Å². The molecule has 0 saturated heterocycles. The zero-order valence-electron chi connectivity index (χ0n) is 10.0. The molecule has 3 N–H and O–H groups in total. The summed E-state index contributed by atoms with van der Waals surface area (Å²) in [6.07, 6.45) is 0.144. The largest absolute Gasteiger partial charge is 0.271 e. The number of hydrazine groups is 1. The first kappa shape index (κ1) is 14.1. The summed E-state index contributed by atoms with van der Waals surface area (Å²) in [5.74, 6) is 4.37. The summed E-state index contributed by atoms with van der Waals surface area (Å²) < 4.78 is 28.1. The van der Waals surface area contributed by atoms with Crippen molar-refractivity contribution in [1.82, 2.24) is 5.43 Å². The lowest BCUT2D eigenvalue weighted by molar-refractivity contribution is 0.500. The van der Waals surface area contributed by atoms with Gasteiger partial charge in [0.15, 0.2) is 0 Å². The highest BCUT2D eigenvalue weighted by Crippen LogP contribution is 2.23. The summed E-state index contributed by atoms with van der Waals surface area (Å²) in [5.41, 5.74) is 3.49. The third-order valence-corrected chi connectivity index (χ3v) is 3.42. The topological polar surface area (TPSA) is 38.0 Å². The lowest BCUT2D eigenvalue weighted by Gasteiger charge is -2.17. The number of nitrogens with one attached hydrogen (secondary N) is 1. The summed E-state index contributed by atoms with van der Waals surface area (Å²) in [6.45, 7) is 0. The van der Waals surface area contributed by atoms with Crippen LogP contribution in [0.4, 0.5) is 8.78 Å². The molecule has 1 unspecified atom stereocenters. The number of hydrogen-bond donors (Lipinski definition) is 2. The van der Waals surface area contributed by atoms with Gasteiger partial charge in [-0.3, -0.25) is 11.3 Å². The van der Waals surface area contributed by atoms with Crippen molar-refractivity contribution >= 4 is 15.9 Å². The summed E-state index contributed by atoms with van der Waals surface area (Å²) in [7, 11) is 0. The quantitative estimate of drug-likeness (QED) is 0.667. The normalized spacial score (nSPS) is 12.4. The van der Waals surface area contributed by atoms with Crippen molar-refractivity contribution in [2.75, 3.05) is 0 Å². The van der Waals surface area contributed by atoms with Gasteiger partial charge in [-0.1, -0.05) is 34.1 Å². The van der Waals surface area contributed by atoms with Crippen LogP contribution in [0.15, 0.2) is 46.9 Å². The number of nitrogens with two attached hydrogens (primary N) is 1. The smallest absolute Gasteiger partial charge is 0.129 e. The molecule has 2 nitrogen and oxygen atoms in total. The minimum absolute atomic E-state index is 0.0328. The van der Waals surface area contributed by atoms with Crippen LogP contribution in [-0.2, 0) is 6.42 Å². The molecular weight excluding hydrogens is 314 g/mol. The number of rotatable bonds is 4. The highest BCUT2D eigenvalue weighted by atomic mass is 79.9. The predicted molar refractivity (Wildman–Crippen MR) is 74.3 cm³/mol. The van der Waals surface area contributed by atoms with Gasteiger partial charge in [0.2, 0.25) is 0 Å². The Hall–Kier alpha value is -1.30. The van der Waals surface area contributed by atoms with Gasteiger partial charge in [0.1, 0.15) is 11.6 Å². The Kier molecular flexibility index (Phi) is 4.63.